The summed E-state index contributed by atoms with van der Waals surface area (Å²) in [5.74, 6) is 0. The maximum absolute atomic E-state index is 5.52. The molecule has 0 spiro atoms. The van der Waals surface area contributed by atoms with Crippen LogP contribution in [0.5, 0.6) is 0 Å². The molecule has 1 aromatic carbocycles. The molecule has 0 bridgehead atoms. The zero-order valence-corrected chi connectivity index (χ0v) is 8.14. The molecule has 0 amide bonds. The standard InChI is InChI=1S/C11H13N3/c1-14-7-11(13-8-14)10-4-2-9(6-12)3-5-10/h2-5,7-8H,6,12H2,1H3. The lowest BCUT2D eigenvalue weighted by atomic mass is 10.1. The number of aromatic nitrogens is 2. The Bertz CT molecular complexity index is 414. The number of imidazole rings is 1. The second kappa shape index (κ2) is 3.64. The molecule has 1 aromatic heterocycles. The normalized spacial score (nSPS) is 10.4. The fourth-order valence-corrected chi connectivity index (χ4v) is 1.37. The van der Waals surface area contributed by atoms with E-state index in [1.165, 1.54) is 0 Å². The van der Waals surface area contributed by atoms with E-state index in [1.54, 1.807) is 6.33 Å². The van der Waals surface area contributed by atoms with Gasteiger partial charge in [-0.05, 0) is 5.56 Å². The van der Waals surface area contributed by atoms with Crippen molar-refractivity contribution in [1.82, 2.24) is 9.55 Å². The first kappa shape index (κ1) is 8.97. The molecule has 2 N–H and O–H groups in total. The third kappa shape index (κ3) is 1.67. The molecule has 0 fully saturated rings. The zero-order valence-electron chi connectivity index (χ0n) is 8.14. The quantitative estimate of drug-likeness (QED) is 0.775. The van der Waals surface area contributed by atoms with Crippen molar-refractivity contribution in [3.05, 3.63) is 42.4 Å². The minimum absolute atomic E-state index is 0.586. The van der Waals surface area contributed by atoms with Crippen LogP contribution in [0.3, 0.4) is 0 Å². The Kier molecular flexibility index (Phi) is 2.33. The number of hydrogen-bond donors (Lipinski definition) is 1. The molecule has 72 valence electrons. The molecule has 3 heteroatoms. The molecule has 0 aliphatic carbocycles. The first-order chi connectivity index (χ1) is 6.79. The highest BCUT2D eigenvalue weighted by molar-refractivity contribution is 5.58. The molecule has 0 atom stereocenters. The molecule has 0 radical (unpaired) electrons. The number of hydrogen-bond acceptors (Lipinski definition) is 2. The van der Waals surface area contributed by atoms with Crippen LogP contribution in [0.2, 0.25) is 0 Å². The highest BCUT2D eigenvalue weighted by Gasteiger charge is 1.99. The smallest absolute Gasteiger partial charge is 0.0951 e. The van der Waals surface area contributed by atoms with Crippen molar-refractivity contribution in [2.45, 2.75) is 6.54 Å². The van der Waals surface area contributed by atoms with Crippen LogP contribution in [0, 0.1) is 0 Å². The molecule has 0 aliphatic rings. The van der Waals surface area contributed by atoms with E-state index >= 15 is 0 Å². The second-order valence-electron chi connectivity index (χ2n) is 3.33. The molecule has 0 saturated heterocycles. The van der Waals surface area contributed by atoms with Crippen molar-refractivity contribution in [1.29, 1.82) is 0 Å². The molecule has 0 saturated carbocycles. The Morgan fingerprint density at radius 3 is 2.50 bits per heavy atom. The van der Waals surface area contributed by atoms with E-state index in [0.717, 1.165) is 16.8 Å². The van der Waals surface area contributed by atoms with Crippen molar-refractivity contribution in [3.63, 3.8) is 0 Å². The van der Waals surface area contributed by atoms with Crippen LogP contribution in [-0.2, 0) is 13.6 Å². The van der Waals surface area contributed by atoms with Crippen LogP contribution >= 0.6 is 0 Å². The molecule has 3 nitrogen and oxygen atoms in total. The number of aryl methyl sites for hydroxylation is 1. The van der Waals surface area contributed by atoms with E-state index in [4.69, 9.17) is 5.73 Å². The van der Waals surface area contributed by atoms with Crippen LogP contribution in [-0.4, -0.2) is 9.55 Å². The van der Waals surface area contributed by atoms with Gasteiger partial charge >= 0.3 is 0 Å². The number of rotatable bonds is 2. The molecule has 1 heterocycles. The van der Waals surface area contributed by atoms with Crippen LogP contribution in [0.4, 0.5) is 0 Å². The van der Waals surface area contributed by atoms with Gasteiger partial charge in [0.1, 0.15) is 0 Å². The summed E-state index contributed by atoms with van der Waals surface area (Å²) < 4.78 is 1.94. The topological polar surface area (TPSA) is 43.8 Å². The first-order valence-electron chi connectivity index (χ1n) is 4.57. The first-order valence-corrected chi connectivity index (χ1v) is 4.57. The second-order valence-corrected chi connectivity index (χ2v) is 3.33. The van der Waals surface area contributed by atoms with Crippen LogP contribution in [0.15, 0.2) is 36.8 Å². The summed E-state index contributed by atoms with van der Waals surface area (Å²) in [5, 5.41) is 0. The summed E-state index contributed by atoms with van der Waals surface area (Å²) in [6, 6.07) is 8.16. The number of nitrogens with zero attached hydrogens (tertiary/aromatic N) is 2. The predicted octanol–water partition coefficient (Wildman–Crippen LogP) is 1.55. The van der Waals surface area contributed by atoms with Gasteiger partial charge in [0, 0.05) is 25.4 Å². The van der Waals surface area contributed by atoms with Crippen molar-refractivity contribution in [2.24, 2.45) is 12.8 Å². The van der Waals surface area contributed by atoms with Gasteiger partial charge in [-0.15, -0.1) is 0 Å². The van der Waals surface area contributed by atoms with Crippen molar-refractivity contribution < 1.29 is 0 Å². The lowest BCUT2D eigenvalue weighted by molar-refractivity contribution is 0.913. The highest BCUT2D eigenvalue weighted by Crippen LogP contribution is 2.16. The van der Waals surface area contributed by atoms with Crippen LogP contribution in [0.1, 0.15) is 5.56 Å². The fraction of sp³-hybridized carbons (Fsp3) is 0.182. The van der Waals surface area contributed by atoms with E-state index in [-0.39, 0.29) is 0 Å². The van der Waals surface area contributed by atoms with E-state index < -0.39 is 0 Å². The van der Waals surface area contributed by atoms with Crippen LogP contribution in [0.25, 0.3) is 11.3 Å². The fourth-order valence-electron chi connectivity index (χ4n) is 1.37. The van der Waals surface area contributed by atoms with E-state index in [1.807, 2.05) is 42.1 Å². The Balaban J connectivity index is 2.33. The van der Waals surface area contributed by atoms with Gasteiger partial charge in [0.15, 0.2) is 0 Å². The lowest BCUT2D eigenvalue weighted by Crippen LogP contribution is -1.95. The van der Waals surface area contributed by atoms with Gasteiger partial charge in [-0.2, -0.15) is 0 Å². The molecule has 2 rings (SSSR count). The summed E-state index contributed by atoms with van der Waals surface area (Å²) in [6.45, 7) is 0.586. The average molecular weight is 187 g/mol. The van der Waals surface area contributed by atoms with Gasteiger partial charge in [-0.25, -0.2) is 4.98 Å². The molecular weight excluding hydrogens is 174 g/mol. The minimum Gasteiger partial charge on any atom is -0.340 e. The van der Waals surface area contributed by atoms with Gasteiger partial charge in [0.05, 0.1) is 12.0 Å². The number of benzene rings is 1. The maximum atomic E-state index is 5.52. The van der Waals surface area contributed by atoms with Gasteiger partial charge in [-0.3, -0.25) is 0 Å². The SMILES string of the molecule is Cn1cnc(-c2ccc(CN)cc2)c1. The van der Waals surface area contributed by atoms with E-state index in [0.29, 0.717) is 6.54 Å². The zero-order chi connectivity index (χ0) is 9.97. The predicted molar refractivity (Wildman–Crippen MR) is 56.5 cm³/mol. The van der Waals surface area contributed by atoms with Crippen LogP contribution < -0.4 is 5.73 Å². The lowest BCUT2D eigenvalue weighted by Gasteiger charge is -1.98. The maximum Gasteiger partial charge on any atom is 0.0951 e. The summed E-state index contributed by atoms with van der Waals surface area (Å²) in [6.07, 6.45) is 3.80. The molecule has 0 unspecified atom stereocenters. The third-order valence-electron chi connectivity index (χ3n) is 2.19. The Morgan fingerprint density at radius 1 is 1.29 bits per heavy atom. The average Bonchev–Trinajstić information content (AvgIpc) is 2.65. The summed E-state index contributed by atoms with van der Waals surface area (Å²) in [4.78, 5) is 4.27. The Hall–Kier alpha value is -1.61. The van der Waals surface area contributed by atoms with Gasteiger partial charge in [0.2, 0.25) is 0 Å². The largest absolute Gasteiger partial charge is 0.340 e. The Labute approximate surface area is 83.2 Å². The van der Waals surface area contributed by atoms with Gasteiger partial charge < -0.3 is 10.3 Å². The summed E-state index contributed by atoms with van der Waals surface area (Å²) in [5.41, 5.74) is 8.79. The summed E-state index contributed by atoms with van der Waals surface area (Å²) >= 11 is 0. The van der Waals surface area contributed by atoms with Gasteiger partial charge in [-0.1, -0.05) is 24.3 Å². The minimum atomic E-state index is 0.586. The van der Waals surface area contributed by atoms with Gasteiger partial charge in [0.25, 0.3) is 0 Å². The molecular formula is C11H13N3. The van der Waals surface area contributed by atoms with E-state index in [9.17, 15) is 0 Å². The molecule has 2 aromatic rings. The summed E-state index contributed by atoms with van der Waals surface area (Å²) in [7, 11) is 1.96. The Morgan fingerprint density at radius 2 is 2.00 bits per heavy atom. The molecule has 0 aliphatic heterocycles. The monoisotopic (exact) mass is 187 g/mol. The highest BCUT2D eigenvalue weighted by atomic mass is 15.0. The van der Waals surface area contributed by atoms with Crippen molar-refractivity contribution in [3.8, 4) is 11.3 Å². The third-order valence-corrected chi connectivity index (χ3v) is 2.19. The van der Waals surface area contributed by atoms with Crippen molar-refractivity contribution in [2.75, 3.05) is 0 Å². The van der Waals surface area contributed by atoms with Crippen molar-refractivity contribution >= 4 is 0 Å². The number of nitrogens with two attached hydrogens (primary N) is 1. The molecule has 14 heavy (non-hydrogen) atoms. The van der Waals surface area contributed by atoms with E-state index in [2.05, 4.69) is 4.98 Å².